The highest BCUT2D eigenvalue weighted by atomic mass is 32.1. The van der Waals surface area contributed by atoms with Gasteiger partial charge in [0.05, 0.1) is 17.1 Å². The van der Waals surface area contributed by atoms with Gasteiger partial charge < -0.3 is 29.9 Å². The number of thiophene rings is 1. The number of hydrogen-bond donors (Lipinski definition) is 2. The van der Waals surface area contributed by atoms with Crippen LogP contribution < -0.4 is 10.2 Å². The minimum absolute atomic E-state index is 0.175. The van der Waals surface area contributed by atoms with Gasteiger partial charge in [-0.1, -0.05) is 6.07 Å². The van der Waals surface area contributed by atoms with E-state index >= 15 is 0 Å². The number of anilines is 3. The molecule has 0 unspecified atom stereocenters. The summed E-state index contributed by atoms with van der Waals surface area (Å²) >= 11 is 1.78. The molecule has 0 radical (unpaired) electrons. The first-order chi connectivity index (χ1) is 18.4. The number of aromatic amines is 1. The average molecular weight is 531 g/mol. The molecule has 38 heavy (non-hydrogen) atoms. The Morgan fingerprint density at radius 2 is 1.95 bits per heavy atom. The van der Waals surface area contributed by atoms with E-state index in [0.717, 1.165) is 66.4 Å². The summed E-state index contributed by atoms with van der Waals surface area (Å²) in [4.78, 5) is 36.8. The van der Waals surface area contributed by atoms with Gasteiger partial charge in [0.25, 0.3) is 0 Å². The Morgan fingerprint density at radius 1 is 1.11 bits per heavy atom. The number of likely N-dealkylation sites (N-methyl/N-ethyl adjacent to an activating group) is 2. The lowest BCUT2D eigenvalue weighted by atomic mass is 10.1. The number of nitrogens with zero attached hydrogens (tertiary/aromatic N) is 6. The summed E-state index contributed by atoms with van der Waals surface area (Å²) in [5, 5.41) is 4.45. The summed E-state index contributed by atoms with van der Waals surface area (Å²) in [5.74, 6) is 0.744. The summed E-state index contributed by atoms with van der Waals surface area (Å²) in [6.07, 6.45) is 2.79. The molecule has 198 valence electrons. The second-order valence-electron chi connectivity index (χ2n) is 10.5. The second kappa shape index (κ2) is 10.4. The predicted octanol–water partition coefficient (Wildman–Crippen LogP) is 3.63. The fourth-order valence-electron chi connectivity index (χ4n) is 5.19. The van der Waals surface area contributed by atoms with Crippen molar-refractivity contribution in [1.82, 2.24) is 29.7 Å². The van der Waals surface area contributed by atoms with E-state index in [1.807, 2.05) is 36.2 Å². The lowest BCUT2D eigenvalue weighted by Gasteiger charge is -2.34. The molecule has 1 saturated heterocycles. The van der Waals surface area contributed by atoms with Gasteiger partial charge in [-0.05, 0) is 63.5 Å². The van der Waals surface area contributed by atoms with E-state index in [4.69, 9.17) is 9.97 Å². The van der Waals surface area contributed by atoms with Gasteiger partial charge in [0.1, 0.15) is 5.65 Å². The number of amides is 1. The lowest BCUT2D eigenvalue weighted by molar-refractivity contribution is -0.132. The van der Waals surface area contributed by atoms with Crippen LogP contribution in [0, 0.1) is 0 Å². The third-order valence-electron chi connectivity index (χ3n) is 7.29. The first-order valence-corrected chi connectivity index (χ1v) is 13.9. The Labute approximate surface area is 227 Å². The largest absolute Gasteiger partial charge is 0.369 e. The highest BCUT2D eigenvalue weighted by Gasteiger charge is 2.24. The quantitative estimate of drug-likeness (QED) is 0.394. The molecular formula is C28H34N8OS. The lowest BCUT2D eigenvalue weighted by Crippen LogP contribution is -2.44. The molecule has 2 N–H and O–H groups in total. The van der Waals surface area contributed by atoms with Crippen LogP contribution in [0.2, 0.25) is 0 Å². The fraction of sp³-hybridized carbons (Fsp3) is 0.393. The van der Waals surface area contributed by atoms with Gasteiger partial charge in [0.15, 0.2) is 0 Å². The standard InChI is InChI=1S/C28H34N8OS/c1-33(2)18-25(37)36-10-8-23-19(17-36)15-24(38-23)26-22-7-9-29-27(22)32-28(31-26)30-20-5-4-6-21(16-20)35-13-11-34(3)12-14-35/h4-7,9,15-16H,8,10-14,17-18H2,1-3H3,(H2,29,30,31,32). The number of benzene rings is 1. The van der Waals surface area contributed by atoms with E-state index in [0.29, 0.717) is 19.0 Å². The molecule has 1 fully saturated rings. The fourth-order valence-corrected chi connectivity index (χ4v) is 6.36. The zero-order valence-corrected chi connectivity index (χ0v) is 23.0. The van der Waals surface area contributed by atoms with Gasteiger partial charge in [0.2, 0.25) is 11.9 Å². The van der Waals surface area contributed by atoms with E-state index in [9.17, 15) is 4.79 Å². The van der Waals surface area contributed by atoms with E-state index in [1.165, 1.54) is 16.1 Å². The summed E-state index contributed by atoms with van der Waals surface area (Å²) in [5.41, 5.74) is 5.13. The first kappa shape index (κ1) is 24.8. The Kier molecular flexibility index (Phi) is 6.77. The molecule has 1 aromatic carbocycles. The van der Waals surface area contributed by atoms with Crippen molar-refractivity contribution in [2.45, 2.75) is 13.0 Å². The molecule has 2 aliphatic heterocycles. The van der Waals surface area contributed by atoms with Crippen LogP contribution in [0.3, 0.4) is 0 Å². The van der Waals surface area contributed by atoms with Crippen LogP contribution in [0.15, 0.2) is 42.6 Å². The molecule has 0 spiro atoms. The van der Waals surface area contributed by atoms with Crippen LogP contribution in [0.4, 0.5) is 17.3 Å². The summed E-state index contributed by atoms with van der Waals surface area (Å²) in [7, 11) is 6.04. The molecular weight excluding hydrogens is 496 g/mol. The number of hydrogen-bond acceptors (Lipinski definition) is 8. The van der Waals surface area contributed by atoms with Crippen molar-refractivity contribution in [3.63, 3.8) is 0 Å². The van der Waals surface area contributed by atoms with E-state index < -0.39 is 0 Å². The van der Waals surface area contributed by atoms with Crippen LogP contribution in [0.5, 0.6) is 0 Å². The van der Waals surface area contributed by atoms with E-state index in [1.54, 1.807) is 11.3 Å². The van der Waals surface area contributed by atoms with Gasteiger partial charge in [-0.25, -0.2) is 4.98 Å². The SMILES string of the molecule is CN(C)CC(=O)N1CCc2sc(-c3nc(Nc4cccc(N5CCN(C)CC5)c4)nc4[nH]ccc34)cc2C1. The van der Waals surface area contributed by atoms with Crippen molar-refractivity contribution in [2.75, 3.05) is 70.6 Å². The highest BCUT2D eigenvalue weighted by molar-refractivity contribution is 7.15. The normalized spacial score (nSPS) is 16.3. The van der Waals surface area contributed by atoms with Crippen molar-refractivity contribution in [3.05, 3.63) is 53.0 Å². The van der Waals surface area contributed by atoms with Gasteiger partial charge in [-0.15, -0.1) is 11.3 Å². The number of fused-ring (bicyclic) bond motifs is 2. The maximum absolute atomic E-state index is 12.6. The van der Waals surface area contributed by atoms with Gasteiger partial charge in [0, 0.05) is 67.1 Å². The molecule has 10 heteroatoms. The number of rotatable bonds is 6. The molecule has 6 rings (SSSR count). The molecule has 0 saturated carbocycles. The van der Waals surface area contributed by atoms with Crippen LogP contribution >= 0.6 is 11.3 Å². The summed E-state index contributed by atoms with van der Waals surface area (Å²) < 4.78 is 0. The Hall–Kier alpha value is -3.47. The Balaban J connectivity index is 1.26. The van der Waals surface area contributed by atoms with E-state index in [2.05, 4.69) is 57.5 Å². The van der Waals surface area contributed by atoms with E-state index in [-0.39, 0.29) is 5.91 Å². The average Bonchev–Trinajstić information content (AvgIpc) is 3.55. The van der Waals surface area contributed by atoms with Crippen LogP contribution in [-0.2, 0) is 17.8 Å². The number of carbonyl (C=O) groups excluding carboxylic acids is 1. The number of nitrogens with one attached hydrogen (secondary N) is 2. The Bertz CT molecular complexity index is 1450. The minimum Gasteiger partial charge on any atom is -0.369 e. The highest BCUT2D eigenvalue weighted by Crippen LogP contribution is 2.37. The third kappa shape index (κ3) is 5.11. The number of H-pyrrole nitrogens is 1. The molecule has 3 aromatic heterocycles. The Morgan fingerprint density at radius 3 is 2.76 bits per heavy atom. The summed E-state index contributed by atoms with van der Waals surface area (Å²) in [6, 6.07) is 12.7. The molecule has 0 bridgehead atoms. The maximum Gasteiger partial charge on any atom is 0.237 e. The number of aromatic nitrogens is 3. The maximum atomic E-state index is 12.6. The second-order valence-corrected chi connectivity index (χ2v) is 11.6. The van der Waals surface area contributed by atoms with Crippen molar-refractivity contribution in [2.24, 2.45) is 0 Å². The predicted molar refractivity (Wildman–Crippen MR) is 154 cm³/mol. The topological polar surface area (TPSA) is 83.6 Å². The van der Waals surface area contributed by atoms with Crippen molar-refractivity contribution in [1.29, 1.82) is 0 Å². The monoisotopic (exact) mass is 530 g/mol. The molecule has 9 nitrogen and oxygen atoms in total. The van der Waals surface area contributed by atoms with Crippen molar-refractivity contribution < 1.29 is 4.79 Å². The third-order valence-corrected chi connectivity index (χ3v) is 8.53. The van der Waals surface area contributed by atoms with Gasteiger partial charge in [-0.2, -0.15) is 4.98 Å². The van der Waals surface area contributed by atoms with Crippen LogP contribution in [0.25, 0.3) is 21.6 Å². The van der Waals surface area contributed by atoms with Crippen molar-refractivity contribution in [3.8, 4) is 10.6 Å². The van der Waals surface area contributed by atoms with Gasteiger partial charge >= 0.3 is 0 Å². The number of carbonyl (C=O) groups is 1. The van der Waals surface area contributed by atoms with Crippen molar-refractivity contribution >= 4 is 45.6 Å². The number of piperazine rings is 1. The van der Waals surface area contributed by atoms with Crippen LogP contribution in [-0.4, -0.2) is 96.0 Å². The first-order valence-electron chi connectivity index (χ1n) is 13.1. The van der Waals surface area contributed by atoms with Gasteiger partial charge in [-0.3, -0.25) is 4.79 Å². The summed E-state index contributed by atoms with van der Waals surface area (Å²) in [6.45, 7) is 6.04. The molecule has 4 aromatic rings. The zero-order chi connectivity index (χ0) is 26.2. The molecule has 0 atom stereocenters. The molecule has 5 heterocycles. The molecule has 1 amide bonds. The minimum atomic E-state index is 0.175. The van der Waals surface area contributed by atoms with Crippen LogP contribution in [0.1, 0.15) is 10.4 Å². The smallest absolute Gasteiger partial charge is 0.237 e. The molecule has 2 aliphatic rings. The zero-order valence-electron chi connectivity index (χ0n) is 22.2. The molecule has 0 aliphatic carbocycles.